The second-order valence-corrected chi connectivity index (χ2v) is 5.01. The average Bonchev–Trinajstić information content (AvgIpc) is 2.31. The Bertz CT molecular complexity index is 381. The fraction of sp³-hybridized carbons (Fsp3) is 0.615. The van der Waals surface area contributed by atoms with E-state index in [-0.39, 0.29) is 0 Å². The molecular formula is C13H20N4. The summed E-state index contributed by atoms with van der Waals surface area (Å²) in [5.74, 6) is 0. The van der Waals surface area contributed by atoms with Crippen molar-refractivity contribution < 1.29 is 0 Å². The molecule has 0 amide bonds. The van der Waals surface area contributed by atoms with E-state index in [0.717, 1.165) is 19.1 Å². The van der Waals surface area contributed by atoms with Gasteiger partial charge >= 0.3 is 0 Å². The molecular weight excluding hydrogens is 212 g/mol. The van der Waals surface area contributed by atoms with Gasteiger partial charge in [0.1, 0.15) is 0 Å². The van der Waals surface area contributed by atoms with Crippen LogP contribution in [-0.4, -0.2) is 55.2 Å². The van der Waals surface area contributed by atoms with Crippen LogP contribution in [0.15, 0.2) is 18.5 Å². The minimum Gasteiger partial charge on any atom is -0.368 e. The third kappa shape index (κ3) is 2.15. The van der Waals surface area contributed by atoms with Gasteiger partial charge in [-0.25, -0.2) is 0 Å². The van der Waals surface area contributed by atoms with E-state index >= 15 is 0 Å². The van der Waals surface area contributed by atoms with Crippen molar-refractivity contribution in [1.82, 2.24) is 15.2 Å². The van der Waals surface area contributed by atoms with Crippen molar-refractivity contribution in [3.8, 4) is 0 Å². The van der Waals surface area contributed by atoms with Crippen LogP contribution in [0, 0.1) is 6.92 Å². The van der Waals surface area contributed by atoms with Crippen molar-refractivity contribution in [2.24, 2.45) is 0 Å². The Hall–Kier alpha value is -1.13. The molecule has 2 aliphatic rings. The molecule has 0 saturated carbocycles. The van der Waals surface area contributed by atoms with E-state index in [0.29, 0.717) is 0 Å². The lowest BCUT2D eigenvalue weighted by Crippen LogP contribution is -2.63. The van der Waals surface area contributed by atoms with Crippen LogP contribution in [0.25, 0.3) is 0 Å². The Morgan fingerprint density at radius 3 is 2.76 bits per heavy atom. The van der Waals surface area contributed by atoms with E-state index in [1.165, 1.54) is 37.4 Å². The molecule has 2 fully saturated rings. The van der Waals surface area contributed by atoms with E-state index in [4.69, 9.17) is 0 Å². The fourth-order valence-corrected chi connectivity index (χ4v) is 2.75. The molecule has 1 aromatic rings. The monoisotopic (exact) mass is 232 g/mol. The maximum Gasteiger partial charge on any atom is 0.0447 e. The molecule has 0 unspecified atom stereocenters. The number of aryl methyl sites for hydroxylation is 1. The van der Waals surface area contributed by atoms with E-state index in [2.05, 4.69) is 33.1 Å². The third-order valence-corrected chi connectivity index (χ3v) is 3.86. The standard InChI is InChI=1S/C13H20N4/c1-11-8-15-3-2-13(11)17-9-12(10-17)16-6-4-14-5-7-16/h2-3,8,12,14H,4-7,9-10H2,1H3. The number of aromatic nitrogens is 1. The summed E-state index contributed by atoms with van der Waals surface area (Å²) in [6.07, 6.45) is 3.84. The van der Waals surface area contributed by atoms with E-state index in [9.17, 15) is 0 Å². The van der Waals surface area contributed by atoms with Gasteiger partial charge in [0.2, 0.25) is 0 Å². The lowest BCUT2D eigenvalue weighted by atomic mass is 10.0. The molecule has 4 nitrogen and oxygen atoms in total. The molecule has 0 radical (unpaired) electrons. The number of pyridine rings is 1. The highest BCUT2D eigenvalue weighted by molar-refractivity contribution is 5.54. The Balaban J connectivity index is 1.59. The minimum absolute atomic E-state index is 0.754. The quantitative estimate of drug-likeness (QED) is 0.804. The molecule has 17 heavy (non-hydrogen) atoms. The number of hydrogen-bond donors (Lipinski definition) is 1. The molecule has 0 aromatic carbocycles. The Morgan fingerprint density at radius 2 is 2.06 bits per heavy atom. The van der Waals surface area contributed by atoms with E-state index in [1.807, 2.05) is 12.4 Å². The second-order valence-electron chi connectivity index (χ2n) is 5.01. The molecule has 4 heteroatoms. The molecule has 2 saturated heterocycles. The Labute approximate surface area is 103 Å². The van der Waals surface area contributed by atoms with Crippen molar-refractivity contribution in [1.29, 1.82) is 0 Å². The lowest BCUT2D eigenvalue weighted by Gasteiger charge is -2.48. The minimum atomic E-state index is 0.754. The average molecular weight is 232 g/mol. The van der Waals surface area contributed by atoms with Crippen LogP contribution >= 0.6 is 0 Å². The molecule has 0 aliphatic carbocycles. The lowest BCUT2D eigenvalue weighted by molar-refractivity contribution is 0.147. The van der Waals surface area contributed by atoms with Crippen molar-refractivity contribution in [2.75, 3.05) is 44.2 Å². The fourth-order valence-electron chi connectivity index (χ4n) is 2.75. The maximum atomic E-state index is 4.15. The van der Waals surface area contributed by atoms with Gasteiger partial charge < -0.3 is 10.2 Å². The van der Waals surface area contributed by atoms with Gasteiger partial charge in [0, 0.05) is 63.4 Å². The van der Waals surface area contributed by atoms with Gasteiger partial charge in [-0.15, -0.1) is 0 Å². The van der Waals surface area contributed by atoms with Crippen LogP contribution in [0.4, 0.5) is 5.69 Å². The molecule has 92 valence electrons. The normalized spacial score (nSPS) is 22.5. The second kappa shape index (κ2) is 4.63. The first-order valence-electron chi connectivity index (χ1n) is 6.45. The van der Waals surface area contributed by atoms with Gasteiger partial charge in [-0.2, -0.15) is 0 Å². The molecule has 1 N–H and O–H groups in total. The van der Waals surface area contributed by atoms with Gasteiger partial charge in [-0.1, -0.05) is 0 Å². The summed E-state index contributed by atoms with van der Waals surface area (Å²) in [6, 6.07) is 2.88. The van der Waals surface area contributed by atoms with Crippen molar-refractivity contribution >= 4 is 5.69 Å². The number of nitrogens with zero attached hydrogens (tertiary/aromatic N) is 3. The first-order valence-corrected chi connectivity index (χ1v) is 6.45. The Morgan fingerprint density at radius 1 is 1.29 bits per heavy atom. The van der Waals surface area contributed by atoms with Crippen LogP contribution in [0.1, 0.15) is 5.56 Å². The molecule has 2 aliphatic heterocycles. The number of hydrogen-bond acceptors (Lipinski definition) is 4. The van der Waals surface area contributed by atoms with Crippen LogP contribution in [0.5, 0.6) is 0 Å². The van der Waals surface area contributed by atoms with Crippen LogP contribution in [0.3, 0.4) is 0 Å². The SMILES string of the molecule is Cc1cnccc1N1CC(N2CCNCC2)C1. The van der Waals surface area contributed by atoms with Gasteiger partial charge in [0.05, 0.1) is 0 Å². The highest BCUT2D eigenvalue weighted by atomic mass is 15.3. The zero-order valence-corrected chi connectivity index (χ0v) is 10.4. The first-order chi connectivity index (χ1) is 8.34. The predicted molar refractivity (Wildman–Crippen MR) is 69.4 cm³/mol. The summed E-state index contributed by atoms with van der Waals surface area (Å²) in [6.45, 7) is 9.17. The van der Waals surface area contributed by atoms with Gasteiger partial charge in [0.15, 0.2) is 0 Å². The van der Waals surface area contributed by atoms with Crippen LogP contribution < -0.4 is 10.2 Å². The number of piperazine rings is 1. The zero-order chi connectivity index (χ0) is 11.7. The van der Waals surface area contributed by atoms with Crippen molar-refractivity contribution in [3.05, 3.63) is 24.0 Å². The van der Waals surface area contributed by atoms with Crippen LogP contribution in [-0.2, 0) is 0 Å². The Kier molecular flexibility index (Phi) is 2.99. The summed E-state index contributed by atoms with van der Waals surface area (Å²) < 4.78 is 0. The first kappa shape index (κ1) is 11.0. The highest BCUT2D eigenvalue weighted by Crippen LogP contribution is 2.26. The van der Waals surface area contributed by atoms with Gasteiger partial charge in [0.25, 0.3) is 0 Å². The van der Waals surface area contributed by atoms with Crippen molar-refractivity contribution in [3.63, 3.8) is 0 Å². The molecule has 3 heterocycles. The summed E-state index contributed by atoms with van der Waals surface area (Å²) in [5.41, 5.74) is 2.64. The van der Waals surface area contributed by atoms with Gasteiger partial charge in [-0.3, -0.25) is 9.88 Å². The molecule has 0 atom stereocenters. The molecule has 3 rings (SSSR count). The number of rotatable bonds is 2. The summed E-state index contributed by atoms with van der Waals surface area (Å²) in [4.78, 5) is 9.23. The maximum absolute atomic E-state index is 4.15. The third-order valence-electron chi connectivity index (χ3n) is 3.86. The zero-order valence-electron chi connectivity index (χ0n) is 10.4. The topological polar surface area (TPSA) is 31.4 Å². The van der Waals surface area contributed by atoms with E-state index < -0.39 is 0 Å². The summed E-state index contributed by atoms with van der Waals surface area (Å²) in [7, 11) is 0. The smallest absolute Gasteiger partial charge is 0.0447 e. The largest absolute Gasteiger partial charge is 0.368 e. The van der Waals surface area contributed by atoms with E-state index in [1.54, 1.807) is 0 Å². The van der Waals surface area contributed by atoms with Crippen LogP contribution in [0.2, 0.25) is 0 Å². The summed E-state index contributed by atoms with van der Waals surface area (Å²) in [5, 5.41) is 3.41. The summed E-state index contributed by atoms with van der Waals surface area (Å²) >= 11 is 0. The highest BCUT2D eigenvalue weighted by Gasteiger charge is 2.32. The predicted octanol–water partition coefficient (Wildman–Crippen LogP) is 0.484. The molecule has 0 bridgehead atoms. The molecule has 0 spiro atoms. The molecule has 1 aromatic heterocycles. The number of anilines is 1. The van der Waals surface area contributed by atoms with Crippen molar-refractivity contribution in [2.45, 2.75) is 13.0 Å². The van der Waals surface area contributed by atoms with Gasteiger partial charge in [-0.05, 0) is 18.6 Å². The number of nitrogens with one attached hydrogen (secondary N) is 1.